The lowest BCUT2D eigenvalue weighted by atomic mass is 10.2. The molecule has 25 heavy (non-hydrogen) atoms. The van der Waals surface area contributed by atoms with Gasteiger partial charge in [0, 0.05) is 49.4 Å². The summed E-state index contributed by atoms with van der Waals surface area (Å²) in [7, 11) is 0. The minimum atomic E-state index is -0.366. The van der Waals surface area contributed by atoms with E-state index in [4.69, 9.17) is 0 Å². The maximum atomic E-state index is 11.0. The largest absolute Gasteiger partial charge is 0.369 e. The molecule has 1 fully saturated rings. The molecule has 0 atom stereocenters. The fourth-order valence-electron chi connectivity index (χ4n) is 3.26. The van der Waals surface area contributed by atoms with Gasteiger partial charge in [-0.2, -0.15) is 5.10 Å². The van der Waals surface area contributed by atoms with Crippen molar-refractivity contribution in [3.63, 3.8) is 0 Å². The quantitative estimate of drug-likeness (QED) is 0.541. The van der Waals surface area contributed by atoms with Gasteiger partial charge in [-0.25, -0.2) is 0 Å². The molecule has 0 radical (unpaired) electrons. The van der Waals surface area contributed by atoms with Crippen molar-refractivity contribution in [3.8, 4) is 0 Å². The second-order valence-corrected chi connectivity index (χ2v) is 6.23. The van der Waals surface area contributed by atoms with Crippen molar-refractivity contribution in [2.24, 2.45) is 0 Å². The Hall–Kier alpha value is -2.93. The first-order valence-corrected chi connectivity index (χ1v) is 8.33. The number of benzene rings is 2. The van der Waals surface area contributed by atoms with Gasteiger partial charge in [-0.15, -0.1) is 0 Å². The lowest BCUT2D eigenvalue weighted by Gasteiger charge is -2.36. The molecule has 3 aromatic rings. The highest BCUT2D eigenvalue weighted by atomic mass is 16.6. The van der Waals surface area contributed by atoms with Crippen LogP contribution in [0.15, 0.2) is 54.7 Å². The number of nitro benzene ring substituents is 1. The van der Waals surface area contributed by atoms with Crippen molar-refractivity contribution in [2.75, 3.05) is 31.1 Å². The zero-order valence-corrected chi connectivity index (χ0v) is 13.8. The van der Waals surface area contributed by atoms with E-state index in [-0.39, 0.29) is 10.6 Å². The van der Waals surface area contributed by atoms with E-state index >= 15 is 0 Å². The molecule has 0 aliphatic carbocycles. The molecule has 128 valence electrons. The normalized spacial score (nSPS) is 15.6. The number of fused-ring (bicyclic) bond motifs is 1. The fourth-order valence-corrected chi connectivity index (χ4v) is 3.26. The number of anilines is 1. The van der Waals surface area contributed by atoms with Crippen LogP contribution in [0.2, 0.25) is 0 Å². The van der Waals surface area contributed by atoms with Crippen LogP contribution >= 0.6 is 0 Å². The molecule has 1 aliphatic rings. The van der Waals surface area contributed by atoms with Crippen LogP contribution in [0.3, 0.4) is 0 Å². The van der Waals surface area contributed by atoms with E-state index in [2.05, 4.69) is 39.2 Å². The van der Waals surface area contributed by atoms with Crippen molar-refractivity contribution >= 4 is 22.3 Å². The van der Waals surface area contributed by atoms with Crippen LogP contribution in [0.25, 0.3) is 10.9 Å². The number of hydrogen-bond donors (Lipinski definition) is 0. The molecule has 1 saturated heterocycles. The molecule has 1 aliphatic heterocycles. The number of nitrogens with zero attached hydrogens (tertiary/aromatic N) is 5. The van der Waals surface area contributed by atoms with Crippen LogP contribution in [0, 0.1) is 10.1 Å². The predicted octanol–water partition coefficient (Wildman–Crippen LogP) is 2.72. The van der Waals surface area contributed by atoms with Gasteiger partial charge in [0.15, 0.2) is 0 Å². The molecule has 4 rings (SSSR count). The summed E-state index contributed by atoms with van der Waals surface area (Å²) in [6, 6.07) is 15.3. The lowest BCUT2D eigenvalue weighted by Crippen LogP contribution is -2.46. The average molecular weight is 337 g/mol. The van der Waals surface area contributed by atoms with Crippen LogP contribution in [0.4, 0.5) is 11.4 Å². The van der Waals surface area contributed by atoms with Gasteiger partial charge in [0.05, 0.1) is 23.3 Å². The van der Waals surface area contributed by atoms with E-state index in [0.29, 0.717) is 6.67 Å². The molecule has 0 unspecified atom stereocenters. The molecular weight excluding hydrogens is 318 g/mol. The zero-order chi connectivity index (χ0) is 17.2. The summed E-state index contributed by atoms with van der Waals surface area (Å²) in [6.45, 7) is 4.44. The third kappa shape index (κ3) is 3.18. The minimum Gasteiger partial charge on any atom is -0.369 e. The number of para-hydroxylation sites is 1. The number of piperazine rings is 1. The zero-order valence-electron chi connectivity index (χ0n) is 13.8. The molecule has 1 aromatic heterocycles. The molecule has 0 N–H and O–H groups in total. The SMILES string of the molecule is O=[N+]([O-])c1ccc2cnn(CN3CCN(c4ccccc4)CC3)c2c1. The van der Waals surface area contributed by atoms with E-state index in [1.54, 1.807) is 18.3 Å². The smallest absolute Gasteiger partial charge is 0.271 e. The standard InChI is InChI=1S/C18H19N5O2/c24-23(25)17-7-6-15-13-19-22(18(15)12-17)14-20-8-10-21(11-9-20)16-4-2-1-3-5-16/h1-7,12-13H,8-11,14H2. The second kappa shape index (κ2) is 6.52. The monoisotopic (exact) mass is 337 g/mol. The van der Waals surface area contributed by atoms with Crippen LogP contribution in [0.1, 0.15) is 0 Å². The summed E-state index contributed by atoms with van der Waals surface area (Å²) in [5.74, 6) is 0. The molecule has 0 amide bonds. The van der Waals surface area contributed by atoms with Gasteiger partial charge in [-0.3, -0.25) is 19.7 Å². The third-order valence-electron chi connectivity index (χ3n) is 4.67. The summed E-state index contributed by atoms with van der Waals surface area (Å²) < 4.78 is 1.85. The van der Waals surface area contributed by atoms with Crippen molar-refractivity contribution < 1.29 is 4.92 Å². The predicted molar refractivity (Wildman–Crippen MR) is 96.6 cm³/mol. The Morgan fingerprint density at radius 2 is 1.80 bits per heavy atom. The Bertz CT molecular complexity index is 885. The van der Waals surface area contributed by atoms with Crippen molar-refractivity contribution in [3.05, 3.63) is 64.8 Å². The van der Waals surface area contributed by atoms with Gasteiger partial charge in [0.1, 0.15) is 0 Å². The lowest BCUT2D eigenvalue weighted by molar-refractivity contribution is -0.384. The van der Waals surface area contributed by atoms with Crippen molar-refractivity contribution in [2.45, 2.75) is 6.67 Å². The highest BCUT2D eigenvalue weighted by Crippen LogP contribution is 2.21. The summed E-state index contributed by atoms with van der Waals surface area (Å²) in [5.41, 5.74) is 2.16. The minimum absolute atomic E-state index is 0.100. The van der Waals surface area contributed by atoms with E-state index in [9.17, 15) is 10.1 Å². The number of rotatable bonds is 4. The maximum Gasteiger partial charge on any atom is 0.271 e. The van der Waals surface area contributed by atoms with Gasteiger partial charge < -0.3 is 4.90 Å². The Balaban J connectivity index is 1.46. The Morgan fingerprint density at radius 3 is 2.52 bits per heavy atom. The number of nitro groups is 1. The van der Waals surface area contributed by atoms with E-state index in [0.717, 1.165) is 37.1 Å². The van der Waals surface area contributed by atoms with Crippen LogP contribution in [-0.2, 0) is 6.67 Å². The third-order valence-corrected chi connectivity index (χ3v) is 4.67. The molecule has 2 heterocycles. The molecule has 7 nitrogen and oxygen atoms in total. The summed E-state index contributed by atoms with van der Waals surface area (Å²) in [6.07, 6.45) is 1.76. The van der Waals surface area contributed by atoms with Gasteiger partial charge in [-0.1, -0.05) is 18.2 Å². The molecule has 0 spiro atoms. The van der Waals surface area contributed by atoms with Crippen LogP contribution in [-0.4, -0.2) is 45.8 Å². The van der Waals surface area contributed by atoms with E-state index in [1.165, 1.54) is 11.8 Å². The van der Waals surface area contributed by atoms with Gasteiger partial charge in [-0.05, 0) is 18.2 Å². The van der Waals surface area contributed by atoms with Crippen molar-refractivity contribution in [1.82, 2.24) is 14.7 Å². The molecule has 0 saturated carbocycles. The topological polar surface area (TPSA) is 67.4 Å². The maximum absolute atomic E-state index is 11.0. The fraction of sp³-hybridized carbons (Fsp3) is 0.278. The average Bonchev–Trinajstić information content (AvgIpc) is 3.05. The summed E-state index contributed by atoms with van der Waals surface area (Å²) >= 11 is 0. The van der Waals surface area contributed by atoms with Gasteiger partial charge >= 0.3 is 0 Å². The van der Waals surface area contributed by atoms with Gasteiger partial charge in [0.25, 0.3) is 5.69 Å². The molecule has 2 aromatic carbocycles. The van der Waals surface area contributed by atoms with Crippen molar-refractivity contribution in [1.29, 1.82) is 0 Å². The Morgan fingerprint density at radius 1 is 1.04 bits per heavy atom. The Labute approximate surface area is 145 Å². The van der Waals surface area contributed by atoms with E-state index < -0.39 is 0 Å². The summed E-state index contributed by atoms with van der Waals surface area (Å²) in [5, 5.41) is 16.3. The van der Waals surface area contributed by atoms with Crippen LogP contribution < -0.4 is 4.90 Å². The van der Waals surface area contributed by atoms with Gasteiger partial charge in [0.2, 0.25) is 0 Å². The molecular formula is C18H19N5O2. The number of non-ortho nitro benzene ring substituents is 1. The first kappa shape index (κ1) is 15.6. The number of hydrogen-bond acceptors (Lipinski definition) is 5. The molecule has 0 bridgehead atoms. The van der Waals surface area contributed by atoms with E-state index in [1.807, 2.05) is 10.7 Å². The highest BCUT2D eigenvalue weighted by molar-refractivity contribution is 5.80. The number of aromatic nitrogens is 2. The highest BCUT2D eigenvalue weighted by Gasteiger charge is 2.18. The summed E-state index contributed by atoms with van der Waals surface area (Å²) in [4.78, 5) is 15.3. The first-order chi connectivity index (χ1) is 12.2. The second-order valence-electron chi connectivity index (χ2n) is 6.23. The molecule has 7 heteroatoms. The van der Waals surface area contributed by atoms with Crippen LogP contribution in [0.5, 0.6) is 0 Å². The first-order valence-electron chi connectivity index (χ1n) is 8.33. The Kier molecular flexibility index (Phi) is 4.07.